The van der Waals surface area contributed by atoms with Crippen LogP contribution in [0, 0.1) is 0 Å². The first-order valence-corrected chi connectivity index (χ1v) is 8.81. The van der Waals surface area contributed by atoms with Crippen molar-refractivity contribution in [1.82, 2.24) is 0 Å². The van der Waals surface area contributed by atoms with E-state index >= 15 is 0 Å². The number of rotatable bonds is 7. The molecule has 4 N–H and O–H groups in total. The molecule has 1 heterocycles. The number of carbonyl (C=O) groups excluding carboxylic acids is 2. The monoisotopic (exact) mass is 400 g/mol. The molecule has 0 atom stereocenters. The predicted molar refractivity (Wildman–Crippen MR) is 98.4 cm³/mol. The Hall–Kier alpha value is -2.09. The van der Waals surface area contributed by atoms with Crippen LogP contribution in [0.5, 0.6) is 0 Å². The number of anilines is 1. The van der Waals surface area contributed by atoms with Gasteiger partial charge in [-0.15, -0.1) is 11.3 Å². The molecule has 132 valence electrons. The van der Waals surface area contributed by atoms with Gasteiger partial charge < -0.3 is 16.2 Å². The van der Waals surface area contributed by atoms with Gasteiger partial charge in [0.15, 0.2) is 0 Å². The molecule has 0 aliphatic heterocycles. The number of benzene rings is 1. The molecule has 0 fully saturated rings. The quantitative estimate of drug-likeness (QED) is 0.651. The molecule has 2 rings (SSSR count). The van der Waals surface area contributed by atoms with Gasteiger partial charge in [0.25, 0.3) is 5.91 Å². The zero-order valence-corrected chi connectivity index (χ0v) is 15.2. The normalized spacial score (nSPS) is 10.5. The van der Waals surface area contributed by atoms with E-state index in [9.17, 15) is 14.4 Å². The Morgan fingerprint density at radius 3 is 2.48 bits per heavy atom. The highest BCUT2D eigenvalue weighted by Gasteiger charge is 2.21. The average molecular weight is 401 g/mol. The van der Waals surface area contributed by atoms with Crippen molar-refractivity contribution >= 4 is 57.3 Å². The maximum absolute atomic E-state index is 11.9. The van der Waals surface area contributed by atoms with E-state index in [0.717, 1.165) is 11.3 Å². The van der Waals surface area contributed by atoms with Crippen molar-refractivity contribution in [3.05, 3.63) is 39.2 Å². The van der Waals surface area contributed by atoms with Crippen LogP contribution in [0.15, 0.2) is 23.6 Å². The molecule has 0 aliphatic carbocycles. The first-order chi connectivity index (χ1) is 11.8. The second-order valence-electron chi connectivity index (χ2n) is 5.14. The van der Waals surface area contributed by atoms with Crippen LogP contribution in [0.4, 0.5) is 5.00 Å². The molecule has 1 aromatic carbocycles. The van der Waals surface area contributed by atoms with Gasteiger partial charge in [-0.3, -0.25) is 14.4 Å². The molecule has 0 unspecified atom stereocenters. The largest absolute Gasteiger partial charge is 0.481 e. The number of carboxylic acid groups (broad SMARTS) is 1. The van der Waals surface area contributed by atoms with Crippen LogP contribution in [0.25, 0.3) is 11.1 Å². The number of hydrogen-bond acceptors (Lipinski definition) is 4. The second-order valence-corrected chi connectivity index (χ2v) is 6.86. The van der Waals surface area contributed by atoms with Gasteiger partial charge in [-0.2, -0.15) is 0 Å². The number of carbonyl (C=O) groups is 3. The number of hydrogen-bond donors (Lipinski definition) is 3. The summed E-state index contributed by atoms with van der Waals surface area (Å²) in [7, 11) is 0. The van der Waals surface area contributed by atoms with Crippen molar-refractivity contribution in [2.45, 2.75) is 19.3 Å². The molecule has 2 amide bonds. The van der Waals surface area contributed by atoms with Crippen molar-refractivity contribution in [1.29, 1.82) is 0 Å². The first kappa shape index (κ1) is 19.2. The average Bonchev–Trinajstić information content (AvgIpc) is 2.90. The summed E-state index contributed by atoms with van der Waals surface area (Å²) < 4.78 is 0. The second kappa shape index (κ2) is 8.33. The molecule has 0 bridgehead atoms. The van der Waals surface area contributed by atoms with Crippen LogP contribution in [0.1, 0.15) is 29.6 Å². The van der Waals surface area contributed by atoms with E-state index in [4.69, 9.17) is 34.0 Å². The zero-order valence-electron chi connectivity index (χ0n) is 12.8. The molecule has 0 aliphatic rings. The molecule has 0 saturated carbocycles. The minimum absolute atomic E-state index is 0.0272. The predicted octanol–water partition coefficient (Wildman–Crippen LogP) is 4.01. The van der Waals surface area contributed by atoms with Gasteiger partial charge in [0.2, 0.25) is 5.91 Å². The first-order valence-electron chi connectivity index (χ1n) is 7.18. The molecule has 0 radical (unpaired) electrons. The van der Waals surface area contributed by atoms with Crippen molar-refractivity contribution in [3.8, 4) is 11.1 Å². The maximum Gasteiger partial charge on any atom is 0.303 e. The van der Waals surface area contributed by atoms with Crippen molar-refractivity contribution in [2.24, 2.45) is 5.73 Å². The molecular weight excluding hydrogens is 387 g/mol. The number of aliphatic carboxylic acids is 1. The number of thiophene rings is 1. The highest BCUT2D eigenvalue weighted by molar-refractivity contribution is 7.15. The smallest absolute Gasteiger partial charge is 0.303 e. The van der Waals surface area contributed by atoms with Crippen LogP contribution < -0.4 is 11.1 Å². The Bertz CT molecular complexity index is 836. The zero-order chi connectivity index (χ0) is 18.6. The van der Waals surface area contributed by atoms with Crippen LogP contribution >= 0.6 is 34.5 Å². The van der Waals surface area contributed by atoms with E-state index in [1.807, 2.05) is 0 Å². The van der Waals surface area contributed by atoms with E-state index in [1.165, 1.54) is 0 Å². The third-order valence-corrected chi connectivity index (χ3v) is 4.75. The third-order valence-electron chi connectivity index (χ3n) is 3.31. The number of nitrogens with one attached hydrogen (secondary N) is 1. The van der Waals surface area contributed by atoms with E-state index in [2.05, 4.69) is 5.32 Å². The lowest BCUT2D eigenvalue weighted by molar-refractivity contribution is -0.137. The van der Waals surface area contributed by atoms with Gasteiger partial charge in [-0.25, -0.2) is 0 Å². The molecular formula is C16H14Cl2N2O4S. The van der Waals surface area contributed by atoms with E-state index in [-0.39, 0.29) is 30.7 Å². The number of halogens is 2. The molecule has 6 nitrogen and oxygen atoms in total. The van der Waals surface area contributed by atoms with Crippen molar-refractivity contribution < 1.29 is 19.5 Å². The van der Waals surface area contributed by atoms with Gasteiger partial charge in [0.05, 0.1) is 5.56 Å². The Balaban J connectivity index is 2.26. The molecule has 0 saturated heterocycles. The molecule has 0 spiro atoms. The standard InChI is InChI=1S/C16H14Cl2N2O4S/c17-8-4-5-9(11(18)6-8)10-7-25-16(14(10)15(19)24)20-12(21)2-1-3-13(22)23/h4-7H,1-3H2,(H2,19,24)(H,20,21)(H,22,23). The molecule has 2 aromatic rings. The summed E-state index contributed by atoms with van der Waals surface area (Å²) in [5.74, 6) is -2.07. The summed E-state index contributed by atoms with van der Waals surface area (Å²) in [6.45, 7) is 0. The topological polar surface area (TPSA) is 109 Å². The Morgan fingerprint density at radius 1 is 1.16 bits per heavy atom. The highest BCUT2D eigenvalue weighted by Crippen LogP contribution is 2.39. The van der Waals surface area contributed by atoms with Crippen LogP contribution in [-0.2, 0) is 9.59 Å². The van der Waals surface area contributed by atoms with Gasteiger partial charge in [-0.1, -0.05) is 29.3 Å². The summed E-state index contributed by atoms with van der Waals surface area (Å²) >= 11 is 13.2. The number of carboxylic acids is 1. The van der Waals surface area contributed by atoms with Crippen LogP contribution in [0.2, 0.25) is 10.0 Å². The Kier molecular flexibility index (Phi) is 6.41. The number of primary amides is 1. The van der Waals surface area contributed by atoms with E-state index < -0.39 is 11.9 Å². The van der Waals surface area contributed by atoms with Gasteiger partial charge in [0, 0.05) is 39.4 Å². The van der Waals surface area contributed by atoms with Gasteiger partial charge in [0.1, 0.15) is 5.00 Å². The SMILES string of the molecule is NC(=O)c1c(-c2ccc(Cl)cc2Cl)csc1NC(=O)CCCC(=O)O. The number of amides is 2. The molecule has 25 heavy (non-hydrogen) atoms. The lowest BCUT2D eigenvalue weighted by atomic mass is 10.0. The number of nitrogens with two attached hydrogens (primary N) is 1. The fourth-order valence-corrected chi connectivity index (χ4v) is 3.68. The Morgan fingerprint density at radius 2 is 1.88 bits per heavy atom. The minimum atomic E-state index is -0.971. The lowest BCUT2D eigenvalue weighted by Gasteiger charge is -2.08. The third kappa shape index (κ3) is 4.94. The maximum atomic E-state index is 11.9. The van der Waals surface area contributed by atoms with Crippen LogP contribution in [-0.4, -0.2) is 22.9 Å². The van der Waals surface area contributed by atoms with E-state index in [0.29, 0.717) is 26.2 Å². The minimum Gasteiger partial charge on any atom is -0.481 e. The summed E-state index contributed by atoms with van der Waals surface area (Å²) in [5, 5.41) is 14.0. The Labute approximate surface area is 157 Å². The summed E-state index contributed by atoms with van der Waals surface area (Å²) in [5.41, 5.74) is 6.69. The fraction of sp³-hybridized carbons (Fsp3) is 0.188. The van der Waals surface area contributed by atoms with E-state index in [1.54, 1.807) is 23.6 Å². The van der Waals surface area contributed by atoms with Gasteiger partial charge >= 0.3 is 5.97 Å². The van der Waals surface area contributed by atoms with Gasteiger partial charge in [-0.05, 0) is 18.6 Å². The molecule has 1 aromatic heterocycles. The van der Waals surface area contributed by atoms with Crippen molar-refractivity contribution in [3.63, 3.8) is 0 Å². The van der Waals surface area contributed by atoms with Crippen LogP contribution in [0.3, 0.4) is 0 Å². The fourth-order valence-electron chi connectivity index (χ4n) is 2.19. The highest BCUT2D eigenvalue weighted by atomic mass is 35.5. The lowest BCUT2D eigenvalue weighted by Crippen LogP contribution is -2.17. The summed E-state index contributed by atoms with van der Waals surface area (Å²) in [6, 6.07) is 4.85. The summed E-state index contributed by atoms with van der Waals surface area (Å²) in [6.07, 6.45) is 0.125. The summed E-state index contributed by atoms with van der Waals surface area (Å²) in [4.78, 5) is 34.3. The van der Waals surface area contributed by atoms with Crippen molar-refractivity contribution in [2.75, 3.05) is 5.32 Å². The molecule has 9 heteroatoms.